The lowest BCUT2D eigenvalue weighted by molar-refractivity contribution is -0.384. The molecular weight excluding hydrogens is 222 g/mol. The van der Waals surface area contributed by atoms with Gasteiger partial charge in [-0.3, -0.25) is 10.1 Å². The van der Waals surface area contributed by atoms with Crippen LogP contribution >= 0.6 is 0 Å². The monoisotopic (exact) mass is 230 g/mol. The molecule has 1 N–H and O–H groups in total. The van der Waals surface area contributed by atoms with Crippen LogP contribution in [0.1, 0.15) is 0 Å². The van der Waals surface area contributed by atoms with Crippen molar-refractivity contribution in [3.63, 3.8) is 0 Å². The van der Waals surface area contributed by atoms with Gasteiger partial charge in [0.25, 0.3) is 5.69 Å². The average molecular weight is 230 g/mol. The molecule has 1 aliphatic rings. The normalized spacial score (nSPS) is 15.6. The molecule has 1 heterocycles. The van der Waals surface area contributed by atoms with Gasteiger partial charge in [0, 0.05) is 6.07 Å². The number of nitro groups is 1. The Morgan fingerprint density at radius 1 is 1.44 bits per heavy atom. The second kappa shape index (κ2) is 4.01. The summed E-state index contributed by atoms with van der Waals surface area (Å²) in [7, 11) is 0. The van der Waals surface area contributed by atoms with E-state index in [1.54, 1.807) is 0 Å². The van der Waals surface area contributed by atoms with Crippen LogP contribution in [0.5, 0.6) is 0 Å². The van der Waals surface area contributed by atoms with Gasteiger partial charge in [-0.15, -0.1) is 0 Å². The van der Waals surface area contributed by atoms with Crippen molar-refractivity contribution in [3.8, 4) is 0 Å². The lowest BCUT2D eigenvalue weighted by atomic mass is 10.2. The van der Waals surface area contributed by atoms with Crippen molar-refractivity contribution in [2.45, 2.75) is 6.04 Å². The summed E-state index contributed by atoms with van der Waals surface area (Å²) in [6.45, 7) is 0.653. The Balaban J connectivity index is 2.37. The van der Waals surface area contributed by atoms with E-state index >= 15 is 0 Å². The molecular formula is C9H8F2N2O3. The molecule has 0 spiro atoms. The summed E-state index contributed by atoms with van der Waals surface area (Å²) in [4.78, 5) is 9.86. The fourth-order valence-electron chi connectivity index (χ4n) is 1.35. The summed E-state index contributed by atoms with van der Waals surface area (Å²) >= 11 is 0. The van der Waals surface area contributed by atoms with E-state index in [1.165, 1.54) is 0 Å². The number of nitrogens with one attached hydrogen (secondary N) is 1. The van der Waals surface area contributed by atoms with E-state index in [2.05, 4.69) is 5.32 Å². The van der Waals surface area contributed by atoms with E-state index in [0.717, 1.165) is 12.1 Å². The van der Waals surface area contributed by atoms with Gasteiger partial charge < -0.3 is 10.1 Å². The summed E-state index contributed by atoms with van der Waals surface area (Å²) in [5.41, 5.74) is -0.899. The van der Waals surface area contributed by atoms with Crippen molar-refractivity contribution < 1.29 is 18.4 Å². The number of anilines is 1. The molecule has 5 nitrogen and oxygen atoms in total. The summed E-state index contributed by atoms with van der Waals surface area (Å²) in [5.74, 6) is -2.35. The Labute approximate surface area is 89.2 Å². The largest absolute Gasteiger partial charge is 0.377 e. The highest BCUT2D eigenvalue weighted by Gasteiger charge is 2.26. The second-order valence-electron chi connectivity index (χ2n) is 3.39. The highest BCUT2D eigenvalue weighted by Crippen LogP contribution is 2.30. The fourth-order valence-corrected chi connectivity index (χ4v) is 1.35. The summed E-state index contributed by atoms with van der Waals surface area (Å²) in [6, 6.07) is 1.45. The van der Waals surface area contributed by atoms with Crippen molar-refractivity contribution in [1.29, 1.82) is 0 Å². The molecule has 0 saturated carbocycles. The number of hydrogen-bond donors (Lipinski definition) is 1. The fraction of sp³-hybridized carbons (Fsp3) is 0.333. The van der Waals surface area contributed by atoms with Crippen molar-refractivity contribution in [2.75, 3.05) is 18.5 Å². The van der Waals surface area contributed by atoms with Crippen molar-refractivity contribution in [3.05, 3.63) is 33.9 Å². The number of ether oxygens (including phenoxy) is 1. The third kappa shape index (κ3) is 1.81. The topological polar surface area (TPSA) is 64.4 Å². The Morgan fingerprint density at radius 2 is 2.12 bits per heavy atom. The van der Waals surface area contributed by atoms with Crippen molar-refractivity contribution in [1.82, 2.24) is 0 Å². The molecule has 0 aliphatic carbocycles. The van der Waals surface area contributed by atoms with Crippen LogP contribution in [0.15, 0.2) is 12.1 Å². The first-order chi connectivity index (χ1) is 7.59. The molecule has 16 heavy (non-hydrogen) atoms. The predicted molar refractivity (Wildman–Crippen MR) is 51.2 cm³/mol. The summed E-state index contributed by atoms with van der Waals surface area (Å²) in [6.07, 6.45) is 0. The minimum Gasteiger partial charge on any atom is -0.377 e. The first-order valence-corrected chi connectivity index (χ1v) is 4.56. The van der Waals surface area contributed by atoms with E-state index < -0.39 is 27.9 Å². The van der Waals surface area contributed by atoms with Crippen LogP contribution < -0.4 is 5.32 Å². The van der Waals surface area contributed by atoms with Gasteiger partial charge in [-0.1, -0.05) is 0 Å². The molecule has 1 fully saturated rings. The van der Waals surface area contributed by atoms with E-state index in [-0.39, 0.29) is 6.04 Å². The Kier molecular flexibility index (Phi) is 2.69. The predicted octanol–water partition coefficient (Wildman–Crippen LogP) is 1.68. The number of halogens is 2. The van der Waals surface area contributed by atoms with E-state index in [1.807, 2.05) is 0 Å². The third-order valence-electron chi connectivity index (χ3n) is 2.26. The van der Waals surface area contributed by atoms with Gasteiger partial charge in [0.15, 0.2) is 17.3 Å². The third-order valence-corrected chi connectivity index (χ3v) is 2.26. The molecule has 1 saturated heterocycles. The van der Waals surface area contributed by atoms with Crippen molar-refractivity contribution in [2.24, 2.45) is 0 Å². The van der Waals surface area contributed by atoms with Crippen LogP contribution in [0.25, 0.3) is 0 Å². The van der Waals surface area contributed by atoms with Crippen LogP contribution in [-0.4, -0.2) is 24.2 Å². The van der Waals surface area contributed by atoms with Crippen LogP contribution in [0, 0.1) is 21.7 Å². The van der Waals surface area contributed by atoms with E-state index in [9.17, 15) is 18.9 Å². The molecule has 1 aliphatic heterocycles. The van der Waals surface area contributed by atoms with Crippen LogP contribution in [0.3, 0.4) is 0 Å². The van der Waals surface area contributed by atoms with Gasteiger partial charge in [-0.05, 0) is 6.07 Å². The van der Waals surface area contributed by atoms with Crippen LogP contribution in [0.4, 0.5) is 20.2 Å². The Morgan fingerprint density at radius 3 is 2.62 bits per heavy atom. The van der Waals surface area contributed by atoms with Gasteiger partial charge in [0.1, 0.15) is 0 Å². The van der Waals surface area contributed by atoms with Crippen LogP contribution in [-0.2, 0) is 4.74 Å². The summed E-state index contributed by atoms with van der Waals surface area (Å²) < 4.78 is 31.1. The first-order valence-electron chi connectivity index (χ1n) is 4.56. The number of rotatable bonds is 3. The molecule has 0 aromatic heterocycles. The summed E-state index contributed by atoms with van der Waals surface area (Å²) in [5, 5.41) is 13.2. The molecule has 0 amide bonds. The zero-order valence-corrected chi connectivity index (χ0v) is 8.07. The molecule has 0 radical (unpaired) electrons. The van der Waals surface area contributed by atoms with Gasteiger partial charge >= 0.3 is 0 Å². The maximum atomic E-state index is 13.4. The number of nitrogens with zero attached hydrogens (tertiary/aromatic N) is 1. The zero-order valence-electron chi connectivity index (χ0n) is 8.07. The SMILES string of the molecule is O=[N+]([O-])c1ccc(F)c(F)c1NC1COC1. The molecule has 0 unspecified atom stereocenters. The maximum Gasteiger partial charge on any atom is 0.295 e. The maximum absolute atomic E-state index is 13.4. The quantitative estimate of drug-likeness (QED) is 0.633. The molecule has 86 valence electrons. The Hall–Kier alpha value is -1.76. The Bertz CT molecular complexity index is 435. The molecule has 7 heteroatoms. The average Bonchev–Trinajstić information content (AvgIpc) is 2.17. The smallest absolute Gasteiger partial charge is 0.295 e. The highest BCUT2D eigenvalue weighted by atomic mass is 19.2. The minimum absolute atomic E-state index is 0.213. The second-order valence-corrected chi connectivity index (χ2v) is 3.39. The van der Waals surface area contributed by atoms with Gasteiger partial charge in [-0.2, -0.15) is 0 Å². The number of benzene rings is 1. The molecule has 2 rings (SSSR count). The number of hydrogen-bond acceptors (Lipinski definition) is 4. The molecule has 1 aromatic rings. The lowest BCUT2D eigenvalue weighted by Crippen LogP contribution is -2.40. The highest BCUT2D eigenvalue weighted by molar-refractivity contribution is 5.63. The van der Waals surface area contributed by atoms with Gasteiger partial charge in [0.2, 0.25) is 0 Å². The van der Waals surface area contributed by atoms with E-state index in [0.29, 0.717) is 13.2 Å². The molecule has 0 atom stereocenters. The number of nitro benzene ring substituents is 1. The van der Waals surface area contributed by atoms with Gasteiger partial charge in [0.05, 0.1) is 24.2 Å². The zero-order chi connectivity index (χ0) is 11.7. The first kappa shape index (κ1) is 10.7. The lowest BCUT2D eigenvalue weighted by Gasteiger charge is -2.27. The van der Waals surface area contributed by atoms with Crippen molar-refractivity contribution >= 4 is 11.4 Å². The minimum atomic E-state index is -1.24. The molecule has 1 aromatic carbocycles. The van der Waals surface area contributed by atoms with Gasteiger partial charge in [-0.25, -0.2) is 8.78 Å². The van der Waals surface area contributed by atoms with Crippen LogP contribution in [0.2, 0.25) is 0 Å². The standard InChI is InChI=1S/C9H8F2N2O3/c10-6-1-2-7(13(14)15)9(8(6)11)12-5-3-16-4-5/h1-2,5,12H,3-4H2. The van der Waals surface area contributed by atoms with E-state index in [4.69, 9.17) is 4.74 Å². The molecule has 0 bridgehead atoms.